The van der Waals surface area contributed by atoms with E-state index in [0.29, 0.717) is 12.0 Å². The van der Waals surface area contributed by atoms with Crippen LogP contribution in [0.2, 0.25) is 0 Å². The van der Waals surface area contributed by atoms with Crippen LogP contribution in [0.1, 0.15) is 58.8 Å². The van der Waals surface area contributed by atoms with Crippen molar-refractivity contribution in [3.05, 3.63) is 12.7 Å². The normalized spacial score (nSPS) is 20.9. The standard InChI is InChI=1S/C15H29N3/c1-4-7-8-9-11-13(6-3)15-17-14(10-5-2)12-18(15)16/h5,13-14H,2,4,6-12,16H2,1,3H3. The van der Waals surface area contributed by atoms with Crippen LogP contribution < -0.4 is 5.84 Å². The molecule has 0 fully saturated rings. The molecule has 2 N–H and O–H groups in total. The Morgan fingerprint density at radius 1 is 1.44 bits per heavy atom. The fourth-order valence-electron chi connectivity index (χ4n) is 2.62. The first-order chi connectivity index (χ1) is 8.72. The molecule has 0 saturated heterocycles. The van der Waals surface area contributed by atoms with Crippen molar-refractivity contribution in [2.24, 2.45) is 16.8 Å². The van der Waals surface area contributed by atoms with Gasteiger partial charge in [-0.15, -0.1) is 6.58 Å². The molecule has 3 nitrogen and oxygen atoms in total. The third-order valence-corrected chi connectivity index (χ3v) is 3.72. The number of hydrogen-bond donors (Lipinski definition) is 1. The zero-order valence-electron chi connectivity index (χ0n) is 12.1. The van der Waals surface area contributed by atoms with E-state index in [2.05, 4.69) is 20.4 Å². The first-order valence-corrected chi connectivity index (χ1v) is 7.43. The van der Waals surface area contributed by atoms with Crippen molar-refractivity contribution < 1.29 is 0 Å². The Morgan fingerprint density at radius 2 is 2.22 bits per heavy atom. The SMILES string of the molecule is C=CCC1CN(N)C(C(CC)CCCCCC)=N1. The van der Waals surface area contributed by atoms with Gasteiger partial charge in [-0.3, -0.25) is 10.0 Å². The van der Waals surface area contributed by atoms with Gasteiger partial charge in [-0.05, 0) is 19.3 Å². The molecule has 0 aromatic carbocycles. The Kier molecular flexibility index (Phi) is 7.02. The Balaban J connectivity index is 2.47. The molecule has 0 aliphatic carbocycles. The summed E-state index contributed by atoms with van der Waals surface area (Å²) in [6.07, 6.45) is 10.5. The molecule has 3 heteroatoms. The Hall–Kier alpha value is -0.830. The predicted molar refractivity (Wildman–Crippen MR) is 79.5 cm³/mol. The van der Waals surface area contributed by atoms with Crippen LogP contribution in [0.25, 0.3) is 0 Å². The van der Waals surface area contributed by atoms with E-state index in [0.717, 1.165) is 25.2 Å². The molecule has 0 aromatic rings. The molecule has 1 aliphatic heterocycles. The third-order valence-electron chi connectivity index (χ3n) is 3.72. The number of amidine groups is 1. The zero-order valence-corrected chi connectivity index (χ0v) is 12.1. The lowest BCUT2D eigenvalue weighted by atomic mass is 9.97. The lowest BCUT2D eigenvalue weighted by Crippen LogP contribution is -2.39. The van der Waals surface area contributed by atoms with E-state index in [-0.39, 0.29) is 0 Å². The summed E-state index contributed by atoms with van der Waals surface area (Å²) < 4.78 is 0. The molecule has 0 amide bonds. The number of hydrazine groups is 1. The maximum Gasteiger partial charge on any atom is 0.116 e. The van der Waals surface area contributed by atoms with Crippen LogP contribution in [0.15, 0.2) is 17.6 Å². The molecule has 1 rings (SSSR count). The van der Waals surface area contributed by atoms with Gasteiger partial charge in [-0.1, -0.05) is 45.6 Å². The van der Waals surface area contributed by atoms with Gasteiger partial charge in [0, 0.05) is 5.92 Å². The van der Waals surface area contributed by atoms with Gasteiger partial charge < -0.3 is 0 Å². The van der Waals surface area contributed by atoms with E-state index in [4.69, 9.17) is 10.8 Å². The summed E-state index contributed by atoms with van der Waals surface area (Å²) in [6.45, 7) is 9.12. The lowest BCUT2D eigenvalue weighted by molar-refractivity contribution is 0.409. The highest BCUT2D eigenvalue weighted by atomic mass is 15.5. The summed E-state index contributed by atoms with van der Waals surface area (Å²) in [4.78, 5) is 4.78. The molecule has 2 atom stereocenters. The van der Waals surface area contributed by atoms with Crippen molar-refractivity contribution in [1.82, 2.24) is 5.01 Å². The van der Waals surface area contributed by atoms with E-state index in [1.165, 1.54) is 32.1 Å². The maximum atomic E-state index is 6.07. The second-order valence-electron chi connectivity index (χ2n) is 5.27. The van der Waals surface area contributed by atoms with Gasteiger partial charge in [0.25, 0.3) is 0 Å². The van der Waals surface area contributed by atoms with Gasteiger partial charge in [-0.2, -0.15) is 0 Å². The summed E-state index contributed by atoms with van der Waals surface area (Å²) in [7, 11) is 0. The highest BCUT2D eigenvalue weighted by Crippen LogP contribution is 2.22. The van der Waals surface area contributed by atoms with Gasteiger partial charge in [0.1, 0.15) is 5.84 Å². The van der Waals surface area contributed by atoms with E-state index < -0.39 is 0 Å². The minimum Gasteiger partial charge on any atom is -0.296 e. The van der Waals surface area contributed by atoms with Crippen molar-refractivity contribution in [2.45, 2.75) is 64.8 Å². The molecule has 1 heterocycles. The molecule has 18 heavy (non-hydrogen) atoms. The van der Waals surface area contributed by atoms with E-state index >= 15 is 0 Å². The molecule has 2 unspecified atom stereocenters. The number of nitrogens with two attached hydrogens (primary N) is 1. The zero-order chi connectivity index (χ0) is 13.4. The summed E-state index contributed by atoms with van der Waals surface area (Å²) in [6, 6.07) is 0.326. The highest BCUT2D eigenvalue weighted by Gasteiger charge is 2.26. The van der Waals surface area contributed by atoms with Gasteiger partial charge in [-0.25, -0.2) is 5.84 Å². The topological polar surface area (TPSA) is 41.6 Å². The monoisotopic (exact) mass is 251 g/mol. The number of nitrogens with zero attached hydrogens (tertiary/aromatic N) is 2. The minimum atomic E-state index is 0.326. The van der Waals surface area contributed by atoms with Crippen molar-refractivity contribution in [1.29, 1.82) is 0 Å². The molecule has 0 spiro atoms. The number of aliphatic imine (C=N–C) groups is 1. The second kappa shape index (κ2) is 8.30. The van der Waals surface area contributed by atoms with Crippen LogP contribution in [-0.2, 0) is 0 Å². The van der Waals surface area contributed by atoms with Crippen LogP contribution in [0.3, 0.4) is 0 Å². The van der Waals surface area contributed by atoms with Gasteiger partial charge >= 0.3 is 0 Å². The largest absolute Gasteiger partial charge is 0.296 e. The molecule has 104 valence electrons. The smallest absolute Gasteiger partial charge is 0.116 e. The van der Waals surface area contributed by atoms with Crippen molar-refractivity contribution in [2.75, 3.05) is 6.54 Å². The average Bonchev–Trinajstić information content (AvgIpc) is 2.71. The highest BCUT2D eigenvalue weighted by molar-refractivity contribution is 5.85. The van der Waals surface area contributed by atoms with Crippen LogP contribution >= 0.6 is 0 Å². The maximum absolute atomic E-state index is 6.07. The predicted octanol–water partition coefficient (Wildman–Crippen LogP) is 3.52. The second-order valence-corrected chi connectivity index (χ2v) is 5.27. The Morgan fingerprint density at radius 3 is 2.83 bits per heavy atom. The van der Waals surface area contributed by atoms with Crippen LogP contribution in [0.5, 0.6) is 0 Å². The summed E-state index contributed by atoms with van der Waals surface area (Å²) in [5.74, 6) is 7.74. The molecule has 0 saturated carbocycles. The molecule has 0 aromatic heterocycles. The minimum absolute atomic E-state index is 0.326. The first kappa shape index (κ1) is 15.2. The van der Waals surface area contributed by atoms with Crippen molar-refractivity contribution in [3.63, 3.8) is 0 Å². The fraction of sp³-hybridized carbons (Fsp3) is 0.800. The molecule has 0 radical (unpaired) electrons. The summed E-state index contributed by atoms with van der Waals surface area (Å²) >= 11 is 0. The summed E-state index contributed by atoms with van der Waals surface area (Å²) in [5, 5.41) is 1.86. The van der Waals surface area contributed by atoms with Gasteiger partial charge in [0.15, 0.2) is 0 Å². The van der Waals surface area contributed by atoms with E-state index in [1.54, 1.807) is 0 Å². The molecule has 1 aliphatic rings. The lowest BCUT2D eigenvalue weighted by Gasteiger charge is -2.21. The quantitative estimate of drug-likeness (QED) is 0.387. The van der Waals surface area contributed by atoms with Gasteiger partial charge in [0.2, 0.25) is 0 Å². The van der Waals surface area contributed by atoms with Crippen LogP contribution in [-0.4, -0.2) is 23.4 Å². The molecular formula is C15H29N3. The Labute approximate surface area is 112 Å². The van der Waals surface area contributed by atoms with Gasteiger partial charge in [0.05, 0.1) is 12.6 Å². The average molecular weight is 251 g/mol. The third kappa shape index (κ3) is 4.45. The Bertz CT molecular complexity index is 273. The number of rotatable bonds is 9. The van der Waals surface area contributed by atoms with Crippen LogP contribution in [0.4, 0.5) is 0 Å². The van der Waals surface area contributed by atoms with E-state index in [1.807, 2.05) is 11.1 Å². The number of hydrogen-bond acceptors (Lipinski definition) is 3. The van der Waals surface area contributed by atoms with Crippen LogP contribution in [0, 0.1) is 5.92 Å². The van der Waals surface area contributed by atoms with Crippen molar-refractivity contribution >= 4 is 5.84 Å². The molecular weight excluding hydrogens is 222 g/mol. The summed E-state index contributed by atoms with van der Waals surface area (Å²) in [5.41, 5.74) is 0. The van der Waals surface area contributed by atoms with E-state index in [9.17, 15) is 0 Å². The molecule has 0 bridgehead atoms. The fourth-order valence-corrected chi connectivity index (χ4v) is 2.62. The first-order valence-electron chi connectivity index (χ1n) is 7.43. The van der Waals surface area contributed by atoms with Crippen molar-refractivity contribution in [3.8, 4) is 0 Å². The number of unbranched alkanes of at least 4 members (excludes halogenated alkanes) is 3.